The van der Waals surface area contributed by atoms with Crippen LogP contribution in [0.4, 0.5) is 0 Å². The van der Waals surface area contributed by atoms with E-state index in [1.54, 1.807) is 30.3 Å². The normalized spacial score (nSPS) is 14.3. The van der Waals surface area contributed by atoms with E-state index < -0.39 is 0 Å². The second kappa shape index (κ2) is 6.16. The fraction of sp³-hybridized carbons (Fsp3) is 0.167. The van der Waals surface area contributed by atoms with Gasteiger partial charge in [-0.1, -0.05) is 6.07 Å². The van der Waals surface area contributed by atoms with Gasteiger partial charge in [0.25, 0.3) is 0 Å². The Labute approximate surface area is 138 Å². The van der Waals surface area contributed by atoms with Gasteiger partial charge >= 0.3 is 0 Å². The molecule has 24 heavy (non-hydrogen) atoms. The van der Waals surface area contributed by atoms with E-state index in [1.807, 2.05) is 0 Å². The highest BCUT2D eigenvalue weighted by atomic mass is 16.5. The zero-order chi connectivity index (χ0) is 17.3. The van der Waals surface area contributed by atoms with Crippen LogP contribution in [-0.4, -0.2) is 32.2 Å². The molecule has 1 N–H and O–H groups in total. The van der Waals surface area contributed by atoms with Gasteiger partial charge in [-0.05, 0) is 23.8 Å². The molecule has 6 nitrogen and oxygen atoms in total. The monoisotopic (exact) mass is 328 g/mol. The quantitative estimate of drug-likeness (QED) is 0.870. The minimum absolute atomic E-state index is 0.0194. The van der Waals surface area contributed by atoms with Crippen molar-refractivity contribution in [3.05, 3.63) is 47.2 Å². The van der Waals surface area contributed by atoms with Crippen LogP contribution in [0.5, 0.6) is 28.7 Å². The van der Waals surface area contributed by atoms with Crippen LogP contribution in [0.3, 0.4) is 0 Å². The van der Waals surface area contributed by atoms with Crippen molar-refractivity contribution in [2.75, 3.05) is 21.3 Å². The fourth-order valence-corrected chi connectivity index (χ4v) is 2.48. The molecule has 0 aliphatic carbocycles. The van der Waals surface area contributed by atoms with E-state index in [0.717, 1.165) is 0 Å². The summed E-state index contributed by atoms with van der Waals surface area (Å²) >= 11 is 0. The maximum absolute atomic E-state index is 12.6. The van der Waals surface area contributed by atoms with Gasteiger partial charge in [-0.25, -0.2) is 0 Å². The largest absolute Gasteiger partial charge is 0.504 e. The maximum atomic E-state index is 12.6. The predicted octanol–water partition coefficient (Wildman–Crippen LogP) is 3.03. The number of ether oxygens (including phenoxy) is 4. The highest BCUT2D eigenvalue weighted by molar-refractivity contribution is 6.16. The summed E-state index contributed by atoms with van der Waals surface area (Å²) in [6, 6.07) is 8.06. The lowest BCUT2D eigenvalue weighted by atomic mass is 10.1. The van der Waals surface area contributed by atoms with Crippen LogP contribution in [0.1, 0.15) is 15.9 Å². The third-order valence-corrected chi connectivity index (χ3v) is 3.67. The first-order valence-electron chi connectivity index (χ1n) is 7.14. The van der Waals surface area contributed by atoms with Gasteiger partial charge in [0.1, 0.15) is 22.8 Å². The summed E-state index contributed by atoms with van der Waals surface area (Å²) in [6.07, 6.45) is 1.55. The number of Topliss-reactive ketones (excluding diaryl/α,β-unsaturated/α-hetero) is 1. The van der Waals surface area contributed by atoms with Gasteiger partial charge in [-0.2, -0.15) is 0 Å². The van der Waals surface area contributed by atoms with Crippen molar-refractivity contribution in [2.24, 2.45) is 0 Å². The minimum atomic E-state index is -0.292. The molecule has 6 heteroatoms. The van der Waals surface area contributed by atoms with Crippen LogP contribution < -0.4 is 18.9 Å². The lowest BCUT2D eigenvalue weighted by Crippen LogP contribution is -2.00. The molecule has 0 atom stereocenters. The number of hydrogen-bond donors (Lipinski definition) is 1. The number of phenols is 1. The maximum Gasteiger partial charge on any atom is 0.235 e. The van der Waals surface area contributed by atoms with Crippen molar-refractivity contribution in [1.29, 1.82) is 0 Å². The van der Waals surface area contributed by atoms with Crippen molar-refractivity contribution in [2.45, 2.75) is 0 Å². The van der Waals surface area contributed by atoms with Gasteiger partial charge in [0, 0.05) is 12.1 Å². The van der Waals surface area contributed by atoms with E-state index in [9.17, 15) is 9.90 Å². The molecule has 0 unspecified atom stereocenters. The van der Waals surface area contributed by atoms with E-state index in [-0.39, 0.29) is 17.3 Å². The molecule has 1 aliphatic heterocycles. The number of carbonyl (C=O) groups is 1. The second-order valence-corrected chi connectivity index (χ2v) is 5.07. The highest BCUT2D eigenvalue weighted by Gasteiger charge is 2.32. The van der Waals surface area contributed by atoms with Gasteiger partial charge in [-0.15, -0.1) is 0 Å². The topological polar surface area (TPSA) is 74.2 Å². The van der Waals surface area contributed by atoms with Crippen molar-refractivity contribution in [3.63, 3.8) is 0 Å². The average molecular weight is 328 g/mol. The van der Waals surface area contributed by atoms with Crippen molar-refractivity contribution >= 4 is 11.9 Å². The van der Waals surface area contributed by atoms with E-state index >= 15 is 0 Å². The van der Waals surface area contributed by atoms with Gasteiger partial charge in [0.2, 0.25) is 5.78 Å². The molecule has 0 radical (unpaired) electrons. The number of allylic oxidation sites excluding steroid dienone is 1. The highest BCUT2D eigenvalue weighted by Crippen LogP contribution is 2.41. The third-order valence-electron chi connectivity index (χ3n) is 3.67. The molecule has 0 saturated heterocycles. The molecule has 3 rings (SSSR count). The van der Waals surface area contributed by atoms with Crippen LogP contribution in [0.25, 0.3) is 6.08 Å². The lowest BCUT2D eigenvalue weighted by Gasteiger charge is -2.07. The second-order valence-electron chi connectivity index (χ2n) is 5.07. The number of benzene rings is 2. The molecule has 0 amide bonds. The Balaban J connectivity index is 2.00. The summed E-state index contributed by atoms with van der Waals surface area (Å²) in [5.41, 5.74) is 0.956. The van der Waals surface area contributed by atoms with E-state index in [1.165, 1.54) is 27.4 Å². The SMILES string of the molecule is COc1cc(OC)c2c(c1)OC(=Cc1ccc(OC)c(O)c1)C2=O. The van der Waals surface area contributed by atoms with Gasteiger partial charge < -0.3 is 24.1 Å². The summed E-state index contributed by atoms with van der Waals surface area (Å²) in [5, 5.41) is 9.84. The Kier molecular flexibility index (Phi) is 4.04. The van der Waals surface area contributed by atoms with E-state index in [0.29, 0.717) is 34.1 Å². The van der Waals surface area contributed by atoms with Gasteiger partial charge in [0.15, 0.2) is 17.3 Å². The van der Waals surface area contributed by atoms with E-state index in [4.69, 9.17) is 18.9 Å². The summed E-state index contributed by atoms with van der Waals surface area (Å²) in [7, 11) is 4.47. The Morgan fingerprint density at radius 2 is 1.75 bits per heavy atom. The Morgan fingerprint density at radius 3 is 2.38 bits per heavy atom. The number of fused-ring (bicyclic) bond motifs is 1. The van der Waals surface area contributed by atoms with Gasteiger partial charge in [-0.3, -0.25) is 4.79 Å². The number of ketones is 1. The molecule has 0 spiro atoms. The molecule has 124 valence electrons. The number of carbonyl (C=O) groups excluding carboxylic acids is 1. The number of phenolic OH excluding ortho intramolecular Hbond substituents is 1. The molecule has 1 heterocycles. The first-order valence-corrected chi connectivity index (χ1v) is 7.14. The van der Waals surface area contributed by atoms with Crippen molar-refractivity contribution in [1.82, 2.24) is 0 Å². The molecule has 0 bridgehead atoms. The minimum Gasteiger partial charge on any atom is -0.504 e. The first kappa shape index (κ1) is 15.7. The molecule has 0 fully saturated rings. The van der Waals surface area contributed by atoms with Crippen molar-refractivity contribution in [3.8, 4) is 28.7 Å². The van der Waals surface area contributed by atoms with Crippen LogP contribution >= 0.6 is 0 Å². The molecular weight excluding hydrogens is 312 g/mol. The Hall–Kier alpha value is -3.15. The average Bonchev–Trinajstić information content (AvgIpc) is 2.90. The molecule has 0 saturated carbocycles. The molecule has 0 aromatic heterocycles. The first-order chi connectivity index (χ1) is 11.6. The van der Waals surface area contributed by atoms with Crippen LogP contribution in [0, 0.1) is 0 Å². The zero-order valence-corrected chi connectivity index (χ0v) is 13.5. The number of aromatic hydroxyl groups is 1. The summed E-state index contributed by atoms with van der Waals surface area (Å²) in [6.45, 7) is 0. The summed E-state index contributed by atoms with van der Waals surface area (Å²) in [5.74, 6) is 1.47. The number of rotatable bonds is 4. The fourth-order valence-electron chi connectivity index (χ4n) is 2.48. The number of hydrogen-bond acceptors (Lipinski definition) is 6. The Bertz CT molecular complexity index is 838. The molecule has 2 aromatic carbocycles. The summed E-state index contributed by atoms with van der Waals surface area (Å²) in [4.78, 5) is 12.6. The Morgan fingerprint density at radius 1 is 1.00 bits per heavy atom. The smallest absolute Gasteiger partial charge is 0.235 e. The standard InChI is InChI=1S/C18H16O6/c1-21-11-8-14(23-3)17-15(9-11)24-16(18(17)20)7-10-4-5-13(22-2)12(19)6-10/h4-9,19H,1-3H3. The summed E-state index contributed by atoms with van der Waals surface area (Å²) < 4.78 is 21.1. The van der Waals surface area contributed by atoms with Crippen LogP contribution in [0.2, 0.25) is 0 Å². The predicted molar refractivity (Wildman–Crippen MR) is 87.1 cm³/mol. The van der Waals surface area contributed by atoms with Crippen molar-refractivity contribution < 1.29 is 28.8 Å². The molecule has 1 aliphatic rings. The third kappa shape index (κ3) is 2.62. The molecular formula is C18H16O6. The van der Waals surface area contributed by atoms with Crippen LogP contribution in [0.15, 0.2) is 36.1 Å². The zero-order valence-electron chi connectivity index (χ0n) is 13.5. The number of methoxy groups -OCH3 is 3. The van der Waals surface area contributed by atoms with E-state index in [2.05, 4.69) is 0 Å². The van der Waals surface area contributed by atoms with Gasteiger partial charge in [0.05, 0.1) is 21.3 Å². The van der Waals surface area contributed by atoms with Crippen LogP contribution in [-0.2, 0) is 0 Å². The lowest BCUT2D eigenvalue weighted by molar-refractivity contribution is 0.101. The molecule has 2 aromatic rings.